The molecule has 1 aliphatic rings. The van der Waals surface area contributed by atoms with Crippen LogP contribution in [0.1, 0.15) is 58.0 Å². The standard InChI is InChI=1S/C26H29NO7/c1-16(2)26(31)34-13-7-6-11-27-23-20(33-14-8-12-32-3)15-19(28)21-22(23)25(30)18-10-5-4-9-17(18)24(21)29/h4-5,9-10,15,27-28H,1,6-8,11-14H2,2-3H3. The molecular formula is C26H29NO7. The minimum atomic E-state index is -0.435. The third kappa shape index (κ3) is 5.46. The summed E-state index contributed by atoms with van der Waals surface area (Å²) in [5.41, 5.74) is 1.30. The summed E-state index contributed by atoms with van der Waals surface area (Å²) >= 11 is 0. The van der Waals surface area contributed by atoms with E-state index in [1.807, 2.05) is 0 Å². The molecule has 0 spiro atoms. The molecule has 8 nitrogen and oxygen atoms in total. The van der Waals surface area contributed by atoms with Gasteiger partial charge in [0.2, 0.25) is 0 Å². The van der Waals surface area contributed by atoms with Crippen molar-refractivity contribution in [2.45, 2.75) is 26.2 Å². The lowest BCUT2D eigenvalue weighted by molar-refractivity contribution is -0.139. The van der Waals surface area contributed by atoms with Crippen LogP contribution < -0.4 is 10.1 Å². The number of rotatable bonds is 12. The van der Waals surface area contributed by atoms with Gasteiger partial charge in [0.1, 0.15) is 11.5 Å². The molecule has 0 fully saturated rings. The smallest absolute Gasteiger partial charge is 0.333 e. The van der Waals surface area contributed by atoms with Gasteiger partial charge in [-0.05, 0) is 19.8 Å². The lowest BCUT2D eigenvalue weighted by Crippen LogP contribution is -2.23. The van der Waals surface area contributed by atoms with Crippen molar-refractivity contribution in [1.29, 1.82) is 0 Å². The number of unbranched alkanes of at least 4 members (excludes halogenated alkanes) is 1. The van der Waals surface area contributed by atoms with E-state index in [9.17, 15) is 19.5 Å². The van der Waals surface area contributed by atoms with Gasteiger partial charge in [0.25, 0.3) is 0 Å². The summed E-state index contributed by atoms with van der Waals surface area (Å²) in [5.74, 6) is -1.23. The molecule has 2 N–H and O–H groups in total. The maximum absolute atomic E-state index is 13.4. The zero-order valence-electron chi connectivity index (χ0n) is 19.4. The second-order valence-corrected chi connectivity index (χ2v) is 7.97. The number of ether oxygens (including phenoxy) is 3. The van der Waals surface area contributed by atoms with Gasteiger partial charge in [-0.25, -0.2) is 4.79 Å². The molecule has 0 aromatic heterocycles. The summed E-state index contributed by atoms with van der Waals surface area (Å²) in [7, 11) is 1.59. The monoisotopic (exact) mass is 467 g/mol. The lowest BCUT2D eigenvalue weighted by atomic mass is 9.82. The Morgan fingerprint density at radius 1 is 1.00 bits per heavy atom. The third-order valence-corrected chi connectivity index (χ3v) is 5.35. The Balaban J connectivity index is 1.84. The molecule has 34 heavy (non-hydrogen) atoms. The fraction of sp³-hybridized carbons (Fsp3) is 0.346. The number of hydrogen-bond donors (Lipinski definition) is 2. The third-order valence-electron chi connectivity index (χ3n) is 5.35. The molecule has 0 saturated heterocycles. The molecule has 2 aromatic carbocycles. The normalized spacial score (nSPS) is 12.1. The highest BCUT2D eigenvalue weighted by Crippen LogP contribution is 2.42. The number of methoxy groups -OCH3 is 1. The fourth-order valence-corrected chi connectivity index (χ4v) is 3.65. The highest BCUT2D eigenvalue weighted by molar-refractivity contribution is 6.31. The Kier molecular flexibility index (Phi) is 8.43. The van der Waals surface area contributed by atoms with Gasteiger partial charge in [-0.1, -0.05) is 30.8 Å². The van der Waals surface area contributed by atoms with Crippen molar-refractivity contribution in [2.24, 2.45) is 0 Å². The number of ketones is 2. The molecule has 8 heteroatoms. The maximum Gasteiger partial charge on any atom is 0.333 e. The van der Waals surface area contributed by atoms with Crippen LogP contribution in [0.3, 0.4) is 0 Å². The van der Waals surface area contributed by atoms with E-state index in [-0.39, 0.29) is 46.1 Å². The molecule has 2 aromatic rings. The van der Waals surface area contributed by atoms with Crippen LogP contribution in [-0.4, -0.2) is 56.1 Å². The van der Waals surface area contributed by atoms with Crippen LogP contribution >= 0.6 is 0 Å². The van der Waals surface area contributed by atoms with Crippen molar-refractivity contribution in [3.05, 3.63) is 64.7 Å². The summed E-state index contributed by atoms with van der Waals surface area (Å²) in [4.78, 5) is 38.0. The van der Waals surface area contributed by atoms with Crippen LogP contribution in [0, 0.1) is 0 Å². The van der Waals surface area contributed by atoms with Gasteiger partial charge in [-0.3, -0.25) is 9.59 Å². The van der Waals surface area contributed by atoms with E-state index < -0.39 is 11.8 Å². The number of phenols is 1. The average Bonchev–Trinajstić information content (AvgIpc) is 2.82. The molecule has 0 saturated carbocycles. The molecule has 0 atom stereocenters. The topological polar surface area (TPSA) is 111 Å². The number of carbonyl (C=O) groups excluding carboxylic acids is 3. The number of hydrogen-bond acceptors (Lipinski definition) is 8. The van der Waals surface area contributed by atoms with Gasteiger partial charge >= 0.3 is 5.97 Å². The molecule has 3 rings (SSSR count). The van der Waals surface area contributed by atoms with Gasteiger partial charge < -0.3 is 24.6 Å². The number of aromatic hydroxyl groups is 1. The quantitative estimate of drug-likeness (QED) is 0.179. The van der Waals surface area contributed by atoms with Crippen LogP contribution in [0.2, 0.25) is 0 Å². The first kappa shape index (κ1) is 25.0. The summed E-state index contributed by atoms with van der Waals surface area (Å²) < 4.78 is 16.0. The van der Waals surface area contributed by atoms with E-state index in [1.54, 1.807) is 38.3 Å². The molecule has 0 bridgehead atoms. The van der Waals surface area contributed by atoms with Crippen LogP contribution in [0.5, 0.6) is 11.5 Å². The average molecular weight is 468 g/mol. The van der Waals surface area contributed by atoms with Crippen molar-refractivity contribution in [3.8, 4) is 11.5 Å². The largest absolute Gasteiger partial charge is 0.507 e. The second-order valence-electron chi connectivity index (χ2n) is 7.97. The van der Waals surface area contributed by atoms with Gasteiger partial charge in [0.15, 0.2) is 11.6 Å². The van der Waals surface area contributed by atoms with E-state index in [4.69, 9.17) is 14.2 Å². The Bertz CT molecular complexity index is 1110. The Morgan fingerprint density at radius 3 is 2.32 bits per heavy atom. The van der Waals surface area contributed by atoms with Gasteiger partial charge in [-0.2, -0.15) is 0 Å². The van der Waals surface area contributed by atoms with Gasteiger partial charge in [-0.15, -0.1) is 0 Å². The van der Waals surface area contributed by atoms with E-state index in [0.29, 0.717) is 50.3 Å². The predicted octanol–water partition coefficient (Wildman–Crippen LogP) is 3.89. The number of phenolic OH excluding ortho intramolecular Hbond substituents is 1. The zero-order valence-corrected chi connectivity index (χ0v) is 19.4. The molecule has 0 amide bonds. The summed E-state index contributed by atoms with van der Waals surface area (Å²) in [5, 5.41) is 13.9. The SMILES string of the molecule is C=C(C)C(=O)OCCCCNc1c(OCCCOC)cc(O)c2c1C(=O)c1ccccc1C2=O. The van der Waals surface area contributed by atoms with Crippen molar-refractivity contribution in [3.63, 3.8) is 0 Å². The lowest BCUT2D eigenvalue weighted by Gasteiger charge is -2.24. The Hall–Kier alpha value is -3.65. The summed E-state index contributed by atoms with van der Waals surface area (Å²) in [6.07, 6.45) is 1.82. The highest BCUT2D eigenvalue weighted by atomic mass is 16.5. The van der Waals surface area contributed by atoms with Crippen molar-refractivity contribution < 1.29 is 33.7 Å². The highest BCUT2D eigenvalue weighted by Gasteiger charge is 2.35. The van der Waals surface area contributed by atoms with Crippen molar-refractivity contribution in [1.82, 2.24) is 0 Å². The minimum absolute atomic E-state index is 0.0363. The van der Waals surface area contributed by atoms with Crippen molar-refractivity contribution >= 4 is 23.2 Å². The predicted molar refractivity (Wildman–Crippen MR) is 127 cm³/mol. The maximum atomic E-state index is 13.4. The van der Waals surface area contributed by atoms with Crippen molar-refractivity contribution in [2.75, 3.05) is 38.8 Å². The Morgan fingerprint density at radius 2 is 1.68 bits per heavy atom. The van der Waals surface area contributed by atoms with Crippen LogP contribution in [0.15, 0.2) is 42.5 Å². The van der Waals surface area contributed by atoms with Gasteiger partial charge in [0.05, 0.1) is 30.0 Å². The summed E-state index contributed by atoms with van der Waals surface area (Å²) in [6, 6.07) is 7.91. The number of nitrogens with one attached hydrogen (secondary N) is 1. The van der Waals surface area contributed by atoms with Gasteiger partial charge in [0, 0.05) is 49.4 Å². The first-order valence-electron chi connectivity index (χ1n) is 11.1. The molecule has 0 aliphatic heterocycles. The van der Waals surface area contributed by atoms with Crippen LogP contribution in [0.25, 0.3) is 0 Å². The number of carbonyl (C=O) groups is 3. The first-order valence-corrected chi connectivity index (χ1v) is 11.1. The molecule has 0 unspecified atom stereocenters. The molecule has 180 valence electrons. The summed E-state index contributed by atoms with van der Waals surface area (Å²) in [6.45, 7) is 6.60. The Labute approximate surface area is 198 Å². The van der Waals surface area contributed by atoms with Crippen LogP contribution in [0.4, 0.5) is 5.69 Å². The minimum Gasteiger partial charge on any atom is -0.507 e. The molecular weight excluding hydrogens is 438 g/mol. The molecule has 0 heterocycles. The van der Waals surface area contributed by atoms with E-state index >= 15 is 0 Å². The molecule has 1 aliphatic carbocycles. The number of esters is 1. The van der Waals surface area contributed by atoms with Crippen LogP contribution in [-0.2, 0) is 14.3 Å². The van der Waals surface area contributed by atoms with E-state index in [2.05, 4.69) is 11.9 Å². The number of benzene rings is 2. The fourth-order valence-electron chi connectivity index (χ4n) is 3.65. The number of fused-ring (bicyclic) bond motifs is 2. The zero-order chi connectivity index (χ0) is 24.7. The van der Waals surface area contributed by atoms with E-state index in [1.165, 1.54) is 6.07 Å². The van der Waals surface area contributed by atoms with E-state index in [0.717, 1.165) is 0 Å². The first-order chi connectivity index (χ1) is 16.4. The number of anilines is 1. The second kappa shape index (κ2) is 11.5. The molecule has 0 radical (unpaired) electrons.